The SMILES string of the molecule is Cc1ccccc1N1C(=O)/C(=C/c2sccc2C)SC1=S. The molecule has 2 nitrogen and oxygen atoms in total. The third-order valence-corrected chi connectivity index (χ3v) is 5.58. The van der Waals surface area contributed by atoms with Crippen LogP contribution < -0.4 is 4.90 Å². The molecule has 1 amide bonds. The van der Waals surface area contributed by atoms with Crippen LogP contribution in [-0.4, -0.2) is 10.2 Å². The molecule has 2 heterocycles. The van der Waals surface area contributed by atoms with Gasteiger partial charge in [0, 0.05) is 4.88 Å². The molecule has 0 spiro atoms. The number of nitrogens with zero attached hydrogens (tertiary/aromatic N) is 1. The highest BCUT2D eigenvalue weighted by atomic mass is 32.2. The molecule has 1 aromatic heterocycles. The van der Waals surface area contributed by atoms with Gasteiger partial charge in [0.15, 0.2) is 4.32 Å². The van der Waals surface area contributed by atoms with E-state index in [-0.39, 0.29) is 5.91 Å². The maximum atomic E-state index is 12.7. The van der Waals surface area contributed by atoms with Crippen LogP contribution in [0.25, 0.3) is 6.08 Å². The third kappa shape index (κ3) is 2.69. The standard InChI is InChI=1S/C16H13NOS3/c1-10-5-3-4-6-12(10)17-15(18)14(21-16(17)19)9-13-11(2)7-8-20-13/h3-9H,1-2H3/b14-9-. The Morgan fingerprint density at radius 1 is 1.14 bits per heavy atom. The van der Waals surface area contributed by atoms with E-state index in [0.29, 0.717) is 9.23 Å². The summed E-state index contributed by atoms with van der Waals surface area (Å²) in [4.78, 5) is 16.1. The van der Waals surface area contributed by atoms with Gasteiger partial charge in [-0.25, -0.2) is 0 Å². The van der Waals surface area contributed by atoms with E-state index in [9.17, 15) is 4.79 Å². The molecule has 1 aliphatic heterocycles. The lowest BCUT2D eigenvalue weighted by molar-refractivity contribution is -0.113. The molecule has 1 aromatic carbocycles. The minimum Gasteiger partial charge on any atom is -0.268 e. The van der Waals surface area contributed by atoms with Crippen LogP contribution in [0.5, 0.6) is 0 Å². The lowest BCUT2D eigenvalue weighted by Gasteiger charge is -2.16. The van der Waals surface area contributed by atoms with Gasteiger partial charge in [0.2, 0.25) is 0 Å². The monoisotopic (exact) mass is 331 g/mol. The first-order valence-corrected chi connectivity index (χ1v) is 8.56. The Balaban J connectivity index is 1.99. The van der Waals surface area contributed by atoms with Crippen molar-refractivity contribution in [1.82, 2.24) is 0 Å². The van der Waals surface area contributed by atoms with Gasteiger partial charge in [-0.2, -0.15) is 0 Å². The fourth-order valence-electron chi connectivity index (χ4n) is 2.14. The van der Waals surface area contributed by atoms with Crippen molar-refractivity contribution >= 4 is 57.3 Å². The summed E-state index contributed by atoms with van der Waals surface area (Å²) in [6.45, 7) is 4.03. The fourth-order valence-corrected chi connectivity index (χ4v) is 4.34. The number of thioether (sulfide) groups is 1. The van der Waals surface area contributed by atoms with Gasteiger partial charge < -0.3 is 0 Å². The Labute approximate surface area is 137 Å². The predicted molar refractivity (Wildman–Crippen MR) is 95.9 cm³/mol. The Hall–Kier alpha value is -1.43. The third-order valence-electron chi connectivity index (χ3n) is 3.31. The van der Waals surface area contributed by atoms with Crippen molar-refractivity contribution in [1.29, 1.82) is 0 Å². The predicted octanol–water partition coefficient (Wildman–Crippen LogP) is 4.77. The second-order valence-electron chi connectivity index (χ2n) is 4.77. The van der Waals surface area contributed by atoms with Gasteiger partial charge in [0.25, 0.3) is 5.91 Å². The summed E-state index contributed by atoms with van der Waals surface area (Å²) < 4.78 is 0.592. The van der Waals surface area contributed by atoms with Crippen molar-refractivity contribution in [3.05, 3.63) is 56.6 Å². The van der Waals surface area contributed by atoms with Crippen LogP contribution in [0, 0.1) is 13.8 Å². The highest BCUT2D eigenvalue weighted by Gasteiger charge is 2.34. The number of hydrogen-bond acceptors (Lipinski definition) is 4. The molecule has 0 bridgehead atoms. The summed E-state index contributed by atoms with van der Waals surface area (Å²) >= 11 is 8.40. The molecule has 0 aliphatic carbocycles. The number of hydrogen-bond donors (Lipinski definition) is 0. The molecular formula is C16H13NOS3. The number of rotatable bonds is 2. The minimum atomic E-state index is -0.0351. The van der Waals surface area contributed by atoms with Crippen LogP contribution in [0.1, 0.15) is 16.0 Å². The molecule has 0 saturated carbocycles. The van der Waals surface area contributed by atoms with Crippen molar-refractivity contribution < 1.29 is 4.79 Å². The number of carbonyl (C=O) groups excluding carboxylic acids is 1. The summed E-state index contributed by atoms with van der Waals surface area (Å²) in [7, 11) is 0. The first kappa shape index (κ1) is 14.5. The maximum absolute atomic E-state index is 12.7. The molecule has 0 atom stereocenters. The Morgan fingerprint density at radius 3 is 2.57 bits per heavy atom. The van der Waals surface area contributed by atoms with E-state index in [2.05, 4.69) is 6.07 Å². The fraction of sp³-hybridized carbons (Fsp3) is 0.125. The van der Waals surface area contributed by atoms with E-state index in [1.165, 1.54) is 17.3 Å². The van der Waals surface area contributed by atoms with Crippen LogP contribution in [0.2, 0.25) is 0 Å². The van der Waals surface area contributed by atoms with Crippen molar-refractivity contribution in [3.8, 4) is 0 Å². The second-order valence-corrected chi connectivity index (χ2v) is 7.39. The Bertz CT molecular complexity index is 760. The summed E-state index contributed by atoms with van der Waals surface area (Å²) in [5.41, 5.74) is 3.09. The first-order valence-electron chi connectivity index (χ1n) is 6.45. The molecule has 5 heteroatoms. The smallest absolute Gasteiger partial charge is 0.268 e. The zero-order chi connectivity index (χ0) is 15.0. The number of para-hydroxylation sites is 1. The van der Waals surface area contributed by atoms with Crippen molar-refractivity contribution in [2.24, 2.45) is 0 Å². The molecule has 1 aliphatic rings. The van der Waals surface area contributed by atoms with Gasteiger partial charge in [-0.05, 0) is 48.6 Å². The van der Waals surface area contributed by atoms with E-state index in [1.807, 2.05) is 49.6 Å². The number of carbonyl (C=O) groups is 1. The quantitative estimate of drug-likeness (QED) is 0.584. The van der Waals surface area contributed by atoms with E-state index in [4.69, 9.17) is 12.2 Å². The largest absolute Gasteiger partial charge is 0.270 e. The maximum Gasteiger partial charge on any atom is 0.270 e. The molecule has 0 unspecified atom stereocenters. The highest BCUT2D eigenvalue weighted by Crippen LogP contribution is 2.37. The van der Waals surface area contributed by atoms with Gasteiger partial charge in [-0.15, -0.1) is 11.3 Å². The number of benzene rings is 1. The van der Waals surface area contributed by atoms with Crippen LogP contribution in [-0.2, 0) is 4.79 Å². The number of aryl methyl sites for hydroxylation is 2. The molecule has 2 aromatic rings. The molecule has 3 rings (SSSR count). The van der Waals surface area contributed by atoms with Gasteiger partial charge in [0.05, 0.1) is 10.6 Å². The zero-order valence-corrected chi connectivity index (χ0v) is 14.1. The van der Waals surface area contributed by atoms with Crippen molar-refractivity contribution in [3.63, 3.8) is 0 Å². The number of amides is 1. The Morgan fingerprint density at radius 2 is 1.90 bits per heavy atom. The lowest BCUT2D eigenvalue weighted by Crippen LogP contribution is -2.28. The summed E-state index contributed by atoms with van der Waals surface area (Å²) in [6.07, 6.45) is 1.94. The van der Waals surface area contributed by atoms with E-state index in [0.717, 1.165) is 16.1 Å². The summed E-state index contributed by atoms with van der Waals surface area (Å²) in [6, 6.07) is 9.86. The van der Waals surface area contributed by atoms with Crippen LogP contribution in [0.4, 0.5) is 5.69 Å². The van der Waals surface area contributed by atoms with Gasteiger partial charge in [-0.1, -0.05) is 42.2 Å². The Kier molecular flexibility index (Phi) is 3.97. The van der Waals surface area contributed by atoms with Crippen molar-refractivity contribution in [2.75, 3.05) is 4.90 Å². The highest BCUT2D eigenvalue weighted by molar-refractivity contribution is 8.27. The molecule has 1 saturated heterocycles. The van der Waals surface area contributed by atoms with E-state index < -0.39 is 0 Å². The molecule has 1 fully saturated rings. The average molecular weight is 331 g/mol. The molecule has 0 N–H and O–H groups in total. The number of anilines is 1. The molecule has 0 radical (unpaired) electrons. The first-order chi connectivity index (χ1) is 10.1. The van der Waals surface area contributed by atoms with Gasteiger partial charge >= 0.3 is 0 Å². The van der Waals surface area contributed by atoms with E-state index >= 15 is 0 Å². The zero-order valence-electron chi connectivity index (χ0n) is 11.6. The van der Waals surface area contributed by atoms with Gasteiger partial charge in [-0.3, -0.25) is 9.69 Å². The van der Waals surface area contributed by atoms with Gasteiger partial charge in [0.1, 0.15) is 0 Å². The second kappa shape index (κ2) is 5.75. The van der Waals surface area contributed by atoms with Crippen LogP contribution in [0.15, 0.2) is 40.6 Å². The molecule has 106 valence electrons. The van der Waals surface area contributed by atoms with Crippen molar-refractivity contribution in [2.45, 2.75) is 13.8 Å². The molecular weight excluding hydrogens is 318 g/mol. The van der Waals surface area contributed by atoms with E-state index in [1.54, 1.807) is 16.2 Å². The average Bonchev–Trinajstić information content (AvgIpc) is 2.97. The summed E-state index contributed by atoms with van der Waals surface area (Å²) in [5.74, 6) is -0.0351. The summed E-state index contributed by atoms with van der Waals surface area (Å²) in [5, 5.41) is 2.03. The van der Waals surface area contributed by atoms with Crippen LogP contribution in [0.3, 0.4) is 0 Å². The minimum absolute atomic E-state index is 0.0351. The molecule has 21 heavy (non-hydrogen) atoms. The number of thiophene rings is 1. The lowest BCUT2D eigenvalue weighted by atomic mass is 10.2. The topological polar surface area (TPSA) is 20.3 Å². The number of thiocarbonyl (C=S) groups is 1. The normalized spacial score (nSPS) is 17.0. The van der Waals surface area contributed by atoms with Crippen LogP contribution >= 0.6 is 35.3 Å².